The molecule has 0 saturated heterocycles. The van der Waals surface area contributed by atoms with Crippen molar-refractivity contribution in [3.8, 4) is 0 Å². The molecule has 112 valence electrons. The number of nitrogens with two attached hydrogens (primary N) is 1. The van der Waals surface area contributed by atoms with Crippen LogP contribution in [0.3, 0.4) is 0 Å². The molecule has 1 aromatic rings. The number of nitrogens with one attached hydrogen (secondary N) is 1. The van der Waals surface area contributed by atoms with Crippen molar-refractivity contribution < 1.29 is 8.42 Å². The molecule has 0 heterocycles. The van der Waals surface area contributed by atoms with Gasteiger partial charge in [0.15, 0.2) is 0 Å². The van der Waals surface area contributed by atoms with E-state index in [1.165, 1.54) is 6.42 Å². The van der Waals surface area contributed by atoms with E-state index >= 15 is 0 Å². The van der Waals surface area contributed by atoms with Gasteiger partial charge in [0.05, 0.1) is 4.90 Å². The predicted octanol–water partition coefficient (Wildman–Crippen LogP) is 2.23. The Balaban J connectivity index is 2.28. The van der Waals surface area contributed by atoms with Crippen molar-refractivity contribution in [2.45, 2.75) is 57.5 Å². The topological polar surface area (TPSA) is 72.2 Å². The van der Waals surface area contributed by atoms with Crippen molar-refractivity contribution in [1.29, 1.82) is 0 Å². The van der Waals surface area contributed by atoms with E-state index in [9.17, 15) is 8.42 Å². The average Bonchev–Trinajstić information content (AvgIpc) is 2.25. The van der Waals surface area contributed by atoms with Gasteiger partial charge in [-0.1, -0.05) is 12.5 Å². The smallest absolute Gasteiger partial charge is 0.241 e. The van der Waals surface area contributed by atoms with Crippen LogP contribution in [0, 0.1) is 19.8 Å². The van der Waals surface area contributed by atoms with E-state index in [-0.39, 0.29) is 6.04 Å². The van der Waals surface area contributed by atoms with Gasteiger partial charge in [0.2, 0.25) is 10.0 Å². The van der Waals surface area contributed by atoms with E-state index in [1.807, 2.05) is 26.8 Å². The Morgan fingerprint density at radius 3 is 2.45 bits per heavy atom. The molecule has 5 heteroatoms. The molecule has 0 radical (unpaired) electrons. The van der Waals surface area contributed by atoms with Gasteiger partial charge in [0.25, 0.3) is 0 Å². The average molecular weight is 296 g/mol. The molecule has 1 aromatic carbocycles. The molecule has 3 N–H and O–H groups in total. The number of rotatable bonds is 5. The summed E-state index contributed by atoms with van der Waals surface area (Å²) in [4.78, 5) is 0.356. The van der Waals surface area contributed by atoms with Gasteiger partial charge in [-0.2, -0.15) is 0 Å². The summed E-state index contributed by atoms with van der Waals surface area (Å²) < 4.78 is 27.9. The quantitative estimate of drug-likeness (QED) is 0.875. The monoisotopic (exact) mass is 296 g/mol. The molecule has 0 bridgehead atoms. The molecule has 1 fully saturated rings. The molecule has 1 aliphatic carbocycles. The zero-order chi connectivity index (χ0) is 14.9. The SMILES string of the molecule is Cc1cc(C)c(S(=O)(=O)NC(C)C2CCC2)cc1CN. The third-order valence-corrected chi connectivity index (χ3v) is 6.04. The lowest BCUT2D eigenvalue weighted by Crippen LogP contribution is -2.40. The van der Waals surface area contributed by atoms with Crippen LogP contribution < -0.4 is 10.5 Å². The highest BCUT2D eigenvalue weighted by Gasteiger charge is 2.28. The molecule has 0 aliphatic heterocycles. The van der Waals surface area contributed by atoms with Gasteiger partial charge >= 0.3 is 0 Å². The highest BCUT2D eigenvalue weighted by atomic mass is 32.2. The Morgan fingerprint density at radius 2 is 1.95 bits per heavy atom. The Kier molecular flexibility index (Phi) is 4.52. The normalized spacial score (nSPS) is 17.8. The summed E-state index contributed by atoms with van der Waals surface area (Å²) in [7, 11) is -3.47. The fourth-order valence-electron chi connectivity index (χ4n) is 2.73. The molecular weight excluding hydrogens is 272 g/mol. The number of hydrogen-bond acceptors (Lipinski definition) is 3. The maximum atomic E-state index is 12.5. The van der Waals surface area contributed by atoms with Gasteiger partial charge in [-0.05, 0) is 62.3 Å². The first-order valence-electron chi connectivity index (χ1n) is 7.17. The van der Waals surface area contributed by atoms with E-state index in [1.54, 1.807) is 6.07 Å². The zero-order valence-corrected chi connectivity index (χ0v) is 13.3. The van der Waals surface area contributed by atoms with Crippen molar-refractivity contribution in [3.63, 3.8) is 0 Å². The van der Waals surface area contributed by atoms with Crippen LogP contribution in [0.1, 0.15) is 42.9 Å². The predicted molar refractivity (Wildman–Crippen MR) is 80.9 cm³/mol. The van der Waals surface area contributed by atoms with Crippen LogP contribution in [0.2, 0.25) is 0 Å². The zero-order valence-electron chi connectivity index (χ0n) is 12.4. The van der Waals surface area contributed by atoms with E-state index in [4.69, 9.17) is 5.73 Å². The molecule has 2 rings (SSSR count). The lowest BCUT2D eigenvalue weighted by atomic mass is 9.81. The molecular formula is C15H24N2O2S. The van der Waals surface area contributed by atoms with Gasteiger partial charge in [0.1, 0.15) is 0 Å². The highest BCUT2D eigenvalue weighted by Crippen LogP contribution is 2.30. The van der Waals surface area contributed by atoms with Gasteiger partial charge in [0, 0.05) is 12.6 Å². The molecule has 20 heavy (non-hydrogen) atoms. The molecule has 1 aliphatic rings. The van der Waals surface area contributed by atoms with E-state index < -0.39 is 10.0 Å². The number of benzene rings is 1. The largest absolute Gasteiger partial charge is 0.326 e. The third-order valence-electron chi connectivity index (χ3n) is 4.34. The second-order valence-electron chi connectivity index (χ2n) is 5.85. The molecule has 0 spiro atoms. The Morgan fingerprint density at radius 1 is 1.30 bits per heavy atom. The Hall–Kier alpha value is -0.910. The second-order valence-corrected chi connectivity index (χ2v) is 7.53. The van der Waals surface area contributed by atoms with Crippen molar-refractivity contribution in [2.75, 3.05) is 0 Å². The molecule has 1 atom stereocenters. The minimum absolute atomic E-state index is 0.00391. The first-order chi connectivity index (χ1) is 9.35. The van der Waals surface area contributed by atoms with Crippen LogP contribution in [0.25, 0.3) is 0 Å². The summed E-state index contributed by atoms with van der Waals surface area (Å²) in [6.07, 6.45) is 3.44. The summed E-state index contributed by atoms with van der Waals surface area (Å²) >= 11 is 0. The van der Waals surface area contributed by atoms with Crippen LogP contribution in [-0.4, -0.2) is 14.5 Å². The summed E-state index contributed by atoms with van der Waals surface area (Å²) in [5.74, 6) is 0.476. The molecule has 1 unspecified atom stereocenters. The maximum Gasteiger partial charge on any atom is 0.241 e. The van der Waals surface area contributed by atoms with E-state index in [0.29, 0.717) is 17.4 Å². The number of aryl methyl sites for hydroxylation is 2. The third kappa shape index (κ3) is 3.05. The van der Waals surface area contributed by atoms with Crippen LogP contribution in [0.15, 0.2) is 17.0 Å². The standard InChI is InChI=1S/C15H24N2O2S/c1-10-7-11(2)15(8-14(10)9-16)20(18,19)17-12(3)13-5-4-6-13/h7-8,12-13,17H,4-6,9,16H2,1-3H3. The first-order valence-corrected chi connectivity index (χ1v) is 8.66. The van der Waals surface area contributed by atoms with E-state index in [0.717, 1.165) is 29.5 Å². The maximum absolute atomic E-state index is 12.5. The minimum atomic E-state index is -3.47. The van der Waals surface area contributed by atoms with Crippen molar-refractivity contribution in [3.05, 3.63) is 28.8 Å². The van der Waals surface area contributed by atoms with Crippen molar-refractivity contribution >= 4 is 10.0 Å². The van der Waals surface area contributed by atoms with Gasteiger partial charge < -0.3 is 5.73 Å². The molecule has 4 nitrogen and oxygen atoms in total. The number of sulfonamides is 1. The van der Waals surface area contributed by atoms with Crippen LogP contribution in [0.4, 0.5) is 0 Å². The molecule has 1 saturated carbocycles. The van der Waals surface area contributed by atoms with Crippen LogP contribution >= 0.6 is 0 Å². The lowest BCUT2D eigenvalue weighted by Gasteiger charge is -2.31. The second kappa shape index (κ2) is 5.84. The first kappa shape index (κ1) is 15.5. The number of hydrogen-bond donors (Lipinski definition) is 2. The van der Waals surface area contributed by atoms with Gasteiger partial charge in [-0.15, -0.1) is 0 Å². The van der Waals surface area contributed by atoms with E-state index in [2.05, 4.69) is 4.72 Å². The fourth-order valence-corrected chi connectivity index (χ4v) is 4.32. The molecule has 0 amide bonds. The van der Waals surface area contributed by atoms with Crippen LogP contribution in [-0.2, 0) is 16.6 Å². The Bertz CT molecular complexity index is 592. The van der Waals surface area contributed by atoms with Crippen molar-refractivity contribution in [2.24, 2.45) is 11.7 Å². The summed E-state index contributed by atoms with van der Waals surface area (Å²) in [6, 6.07) is 3.60. The van der Waals surface area contributed by atoms with Gasteiger partial charge in [-0.25, -0.2) is 13.1 Å². The highest BCUT2D eigenvalue weighted by molar-refractivity contribution is 7.89. The summed E-state index contributed by atoms with van der Waals surface area (Å²) in [5.41, 5.74) is 8.37. The molecule has 0 aromatic heterocycles. The van der Waals surface area contributed by atoms with Crippen molar-refractivity contribution in [1.82, 2.24) is 4.72 Å². The van der Waals surface area contributed by atoms with Gasteiger partial charge in [-0.3, -0.25) is 0 Å². The lowest BCUT2D eigenvalue weighted by molar-refractivity contribution is 0.260. The minimum Gasteiger partial charge on any atom is -0.326 e. The van der Waals surface area contributed by atoms with Crippen LogP contribution in [0.5, 0.6) is 0 Å². The summed E-state index contributed by atoms with van der Waals surface area (Å²) in [5, 5.41) is 0. The fraction of sp³-hybridized carbons (Fsp3) is 0.600. The Labute approximate surface area is 121 Å². The summed E-state index contributed by atoms with van der Waals surface area (Å²) in [6.45, 7) is 6.09.